The van der Waals surface area contributed by atoms with E-state index in [4.69, 9.17) is 11.6 Å². The van der Waals surface area contributed by atoms with E-state index < -0.39 is 11.6 Å². The Balaban J connectivity index is 2.13. The van der Waals surface area contributed by atoms with Gasteiger partial charge in [-0.15, -0.1) is 0 Å². The highest BCUT2D eigenvalue weighted by Crippen LogP contribution is 2.21. The van der Waals surface area contributed by atoms with Gasteiger partial charge in [-0.1, -0.05) is 17.7 Å². The number of hydrogen-bond acceptors (Lipinski definition) is 2. The summed E-state index contributed by atoms with van der Waals surface area (Å²) < 4.78 is 25.9. The lowest BCUT2D eigenvalue weighted by Crippen LogP contribution is -2.07. The van der Waals surface area contributed by atoms with Gasteiger partial charge >= 0.3 is 0 Å². The van der Waals surface area contributed by atoms with E-state index in [2.05, 4.69) is 10.3 Å². The van der Waals surface area contributed by atoms with Crippen molar-refractivity contribution >= 4 is 17.3 Å². The van der Waals surface area contributed by atoms with Crippen molar-refractivity contribution < 1.29 is 8.78 Å². The average molecular weight is 269 g/mol. The molecule has 0 radical (unpaired) electrons. The van der Waals surface area contributed by atoms with Gasteiger partial charge in [-0.05, 0) is 36.8 Å². The van der Waals surface area contributed by atoms with E-state index in [1.807, 2.05) is 6.92 Å². The van der Waals surface area contributed by atoms with E-state index in [1.165, 1.54) is 6.07 Å². The van der Waals surface area contributed by atoms with Gasteiger partial charge in [-0.2, -0.15) is 0 Å². The molecule has 0 amide bonds. The largest absolute Gasteiger partial charge is 0.377 e. The number of pyridine rings is 1. The average Bonchev–Trinajstić information content (AvgIpc) is 2.35. The number of benzene rings is 1. The monoisotopic (exact) mass is 268 g/mol. The molecule has 2 nitrogen and oxygen atoms in total. The van der Waals surface area contributed by atoms with Crippen LogP contribution in [-0.2, 0) is 0 Å². The van der Waals surface area contributed by atoms with Gasteiger partial charge in [0.1, 0.15) is 5.15 Å². The van der Waals surface area contributed by atoms with Gasteiger partial charge in [0.15, 0.2) is 11.6 Å². The molecule has 2 aromatic rings. The molecule has 2 rings (SSSR count). The molecule has 0 saturated carbocycles. The molecule has 1 heterocycles. The number of nitrogens with one attached hydrogen (secondary N) is 1. The summed E-state index contributed by atoms with van der Waals surface area (Å²) in [5.74, 6) is -1.70. The summed E-state index contributed by atoms with van der Waals surface area (Å²) in [4.78, 5) is 3.93. The van der Waals surface area contributed by atoms with Gasteiger partial charge in [-0.25, -0.2) is 13.8 Å². The summed E-state index contributed by atoms with van der Waals surface area (Å²) in [5, 5.41) is 3.53. The van der Waals surface area contributed by atoms with Crippen LogP contribution in [0.3, 0.4) is 0 Å². The minimum absolute atomic E-state index is 0.164. The van der Waals surface area contributed by atoms with E-state index >= 15 is 0 Å². The highest BCUT2D eigenvalue weighted by atomic mass is 35.5. The normalized spacial score (nSPS) is 12.2. The first-order valence-electron chi connectivity index (χ1n) is 5.39. The van der Waals surface area contributed by atoms with Crippen LogP contribution in [0, 0.1) is 11.6 Å². The van der Waals surface area contributed by atoms with Gasteiger partial charge in [-0.3, -0.25) is 0 Å². The number of hydrogen-bond donors (Lipinski definition) is 1. The molecule has 0 saturated heterocycles. The first-order valence-corrected chi connectivity index (χ1v) is 5.77. The van der Waals surface area contributed by atoms with Crippen molar-refractivity contribution in [2.75, 3.05) is 5.32 Å². The van der Waals surface area contributed by atoms with Gasteiger partial charge < -0.3 is 5.32 Å². The fraction of sp³-hybridized carbons (Fsp3) is 0.154. The van der Waals surface area contributed by atoms with Crippen molar-refractivity contribution in [3.63, 3.8) is 0 Å². The standard InChI is InChI=1S/C13H11ClF2N2/c1-8(9-2-4-11(15)12(16)6-9)18-10-3-5-13(14)17-7-10/h2-8,18H,1H3. The summed E-state index contributed by atoms with van der Waals surface area (Å²) >= 11 is 5.67. The highest BCUT2D eigenvalue weighted by Gasteiger charge is 2.09. The van der Waals surface area contributed by atoms with Crippen molar-refractivity contribution in [1.29, 1.82) is 0 Å². The Morgan fingerprint density at radius 1 is 1.17 bits per heavy atom. The first kappa shape index (κ1) is 12.8. The third-order valence-electron chi connectivity index (χ3n) is 2.55. The van der Waals surface area contributed by atoms with Crippen LogP contribution in [0.4, 0.5) is 14.5 Å². The lowest BCUT2D eigenvalue weighted by molar-refractivity contribution is 0.506. The molecular weight excluding hydrogens is 258 g/mol. The zero-order valence-electron chi connectivity index (χ0n) is 9.62. The fourth-order valence-corrected chi connectivity index (χ4v) is 1.69. The SMILES string of the molecule is CC(Nc1ccc(Cl)nc1)c1ccc(F)c(F)c1. The predicted molar refractivity (Wildman–Crippen MR) is 67.6 cm³/mol. The number of anilines is 1. The first-order chi connectivity index (χ1) is 8.56. The van der Waals surface area contributed by atoms with Crippen LogP contribution < -0.4 is 5.32 Å². The van der Waals surface area contributed by atoms with Gasteiger partial charge in [0.05, 0.1) is 11.9 Å². The third kappa shape index (κ3) is 2.96. The molecule has 0 aliphatic carbocycles. The third-order valence-corrected chi connectivity index (χ3v) is 2.78. The molecule has 0 spiro atoms. The molecule has 0 bridgehead atoms. The van der Waals surface area contributed by atoms with Crippen LogP contribution in [0.5, 0.6) is 0 Å². The van der Waals surface area contributed by atoms with Crippen molar-refractivity contribution in [1.82, 2.24) is 4.98 Å². The van der Waals surface area contributed by atoms with Crippen LogP contribution >= 0.6 is 11.6 Å². The molecule has 0 aliphatic rings. The molecule has 1 aromatic carbocycles. The predicted octanol–water partition coefficient (Wildman–Crippen LogP) is 4.19. The molecule has 1 atom stereocenters. The Hall–Kier alpha value is -1.68. The maximum atomic E-state index is 13.1. The number of nitrogens with zero attached hydrogens (tertiary/aromatic N) is 1. The molecular formula is C13H11ClF2N2. The van der Waals surface area contributed by atoms with Crippen molar-refractivity contribution in [3.8, 4) is 0 Å². The second-order valence-electron chi connectivity index (χ2n) is 3.91. The molecule has 1 N–H and O–H groups in total. The summed E-state index contributed by atoms with van der Waals surface area (Å²) in [6, 6.07) is 7.09. The molecule has 0 fully saturated rings. The summed E-state index contributed by atoms with van der Waals surface area (Å²) in [7, 11) is 0. The van der Waals surface area contributed by atoms with E-state index in [0.29, 0.717) is 10.7 Å². The quantitative estimate of drug-likeness (QED) is 0.845. The lowest BCUT2D eigenvalue weighted by Gasteiger charge is -2.15. The Morgan fingerprint density at radius 3 is 2.56 bits per heavy atom. The molecule has 0 aliphatic heterocycles. The fourth-order valence-electron chi connectivity index (χ4n) is 1.58. The Labute approximate surface area is 109 Å². The molecule has 94 valence electrons. The van der Waals surface area contributed by atoms with Crippen molar-refractivity contribution in [3.05, 3.63) is 58.9 Å². The van der Waals surface area contributed by atoms with Crippen LogP contribution in [0.15, 0.2) is 36.5 Å². The highest BCUT2D eigenvalue weighted by molar-refractivity contribution is 6.29. The summed E-state index contributed by atoms with van der Waals surface area (Å²) in [6.45, 7) is 1.85. The number of rotatable bonds is 3. The smallest absolute Gasteiger partial charge is 0.159 e. The molecule has 5 heteroatoms. The minimum atomic E-state index is -0.851. The van der Waals surface area contributed by atoms with E-state index in [1.54, 1.807) is 24.4 Å². The Kier molecular flexibility index (Phi) is 3.77. The maximum Gasteiger partial charge on any atom is 0.159 e. The van der Waals surface area contributed by atoms with E-state index in [0.717, 1.165) is 11.8 Å². The minimum Gasteiger partial charge on any atom is -0.377 e. The molecule has 1 unspecified atom stereocenters. The van der Waals surface area contributed by atoms with E-state index in [-0.39, 0.29) is 6.04 Å². The second kappa shape index (κ2) is 5.31. The molecule has 18 heavy (non-hydrogen) atoms. The van der Waals surface area contributed by atoms with Gasteiger partial charge in [0, 0.05) is 6.04 Å². The van der Waals surface area contributed by atoms with E-state index in [9.17, 15) is 8.78 Å². The zero-order chi connectivity index (χ0) is 13.1. The van der Waals surface area contributed by atoms with Crippen LogP contribution in [0.2, 0.25) is 5.15 Å². The number of halogens is 3. The van der Waals surface area contributed by atoms with Crippen molar-refractivity contribution in [2.45, 2.75) is 13.0 Å². The van der Waals surface area contributed by atoms with Crippen LogP contribution in [-0.4, -0.2) is 4.98 Å². The summed E-state index contributed by atoms with van der Waals surface area (Å²) in [5.41, 5.74) is 1.42. The number of aromatic nitrogens is 1. The zero-order valence-corrected chi connectivity index (χ0v) is 10.4. The van der Waals surface area contributed by atoms with Crippen LogP contribution in [0.1, 0.15) is 18.5 Å². The van der Waals surface area contributed by atoms with Gasteiger partial charge in [0.2, 0.25) is 0 Å². The Bertz CT molecular complexity index is 543. The van der Waals surface area contributed by atoms with Gasteiger partial charge in [0.25, 0.3) is 0 Å². The second-order valence-corrected chi connectivity index (χ2v) is 4.30. The maximum absolute atomic E-state index is 13.1. The Morgan fingerprint density at radius 2 is 1.94 bits per heavy atom. The topological polar surface area (TPSA) is 24.9 Å². The summed E-state index contributed by atoms with van der Waals surface area (Å²) in [6.07, 6.45) is 1.58. The molecule has 1 aromatic heterocycles. The van der Waals surface area contributed by atoms with Crippen molar-refractivity contribution in [2.24, 2.45) is 0 Å². The lowest BCUT2D eigenvalue weighted by atomic mass is 10.1. The van der Waals surface area contributed by atoms with Crippen LogP contribution in [0.25, 0.3) is 0 Å².